The Kier molecular flexibility index (Phi) is 6.53. The fourth-order valence-corrected chi connectivity index (χ4v) is 2.99. The fourth-order valence-electron chi connectivity index (χ4n) is 2.99. The van der Waals surface area contributed by atoms with Crippen molar-refractivity contribution in [2.75, 3.05) is 52.5 Å². The highest BCUT2D eigenvalue weighted by atomic mass is 16.5. The summed E-state index contributed by atoms with van der Waals surface area (Å²) in [4.78, 5) is 4.55. The summed E-state index contributed by atoms with van der Waals surface area (Å²) < 4.78 is 5.75. The van der Waals surface area contributed by atoms with E-state index in [1.165, 1.54) is 12.8 Å². The van der Waals surface area contributed by atoms with Crippen LogP contribution in [0, 0.1) is 0 Å². The molecule has 2 aliphatic rings. The van der Waals surface area contributed by atoms with Gasteiger partial charge in [0, 0.05) is 39.3 Å². The standard InChI is InChI=1S/C14H28N2O3/c17-10-9-15-5-7-16(8-6-15)11-13(18)12-19-14-3-1-2-4-14/h13-14,17-18H,1-12H2/t13-/m1/s1. The maximum atomic E-state index is 10.0. The van der Waals surface area contributed by atoms with Gasteiger partial charge in [-0.15, -0.1) is 0 Å². The van der Waals surface area contributed by atoms with E-state index in [0.717, 1.165) is 45.6 Å². The van der Waals surface area contributed by atoms with Crippen molar-refractivity contribution in [3.63, 3.8) is 0 Å². The van der Waals surface area contributed by atoms with E-state index in [9.17, 15) is 5.11 Å². The number of aliphatic hydroxyl groups excluding tert-OH is 2. The monoisotopic (exact) mass is 272 g/mol. The number of ether oxygens (including phenoxy) is 1. The predicted molar refractivity (Wildman–Crippen MR) is 74.2 cm³/mol. The lowest BCUT2D eigenvalue weighted by atomic mass is 10.2. The number of β-amino-alcohol motifs (C(OH)–C–C–N with tert-alkyl or cyclic N) is 2. The van der Waals surface area contributed by atoms with E-state index in [4.69, 9.17) is 9.84 Å². The van der Waals surface area contributed by atoms with Gasteiger partial charge in [-0.25, -0.2) is 0 Å². The quantitative estimate of drug-likeness (QED) is 0.679. The minimum absolute atomic E-state index is 0.234. The lowest BCUT2D eigenvalue weighted by Crippen LogP contribution is -2.49. The van der Waals surface area contributed by atoms with Crippen LogP contribution in [0.4, 0.5) is 0 Å². The van der Waals surface area contributed by atoms with Crippen LogP contribution in [0.25, 0.3) is 0 Å². The van der Waals surface area contributed by atoms with Crippen LogP contribution in [0.5, 0.6) is 0 Å². The van der Waals surface area contributed by atoms with Crippen LogP contribution < -0.4 is 0 Å². The number of nitrogens with zero attached hydrogens (tertiary/aromatic N) is 2. The van der Waals surface area contributed by atoms with E-state index >= 15 is 0 Å². The molecule has 0 amide bonds. The molecule has 0 radical (unpaired) electrons. The van der Waals surface area contributed by atoms with Gasteiger partial charge in [0.25, 0.3) is 0 Å². The zero-order chi connectivity index (χ0) is 13.5. The molecule has 1 saturated heterocycles. The topological polar surface area (TPSA) is 56.2 Å². The van der Waals surface area contributed by atoms with Crippen molar-refractivity contribution in [1.29, 1.82) is 0 Å². The molecular weight excluding hydrogens is 244 g/mol. The Morgan fingerprint density at radius 2 is 1.68 bits per heavy atom. The van der Waals surface area contributed by atoms with Gasteiger partial charge >= 0.3 is 0 Å². The fraction of sp³-hybridized carbons (Fsp3) is 1.00. The first-order chi connectivity index (χ1) is 9.28. The molecule has 5 nitrogen and oxygen atoms in total. The summed E-state index contributed by atoms with van der Waals surface area (Å²) in [5.41, 5.74) is 0. The molecule has 1 heterocycles. The Morgan fingerprint density at radius 1 is 1.05 bits per heavy atom. The maximum absolute atomic E-state index is 10.0. The second-order valence-corrected chi connectivity index (χ2v) is 5.76. The third kappa shape index (κ3) is 5.36. The van der Waals surface area contributed by atoms with Crippen molar-refractivity contribution in [3.05, 3.63) is 0 Å². The van der Waals surface area contributed by atoms with Gasteiger partial charge in [-0.3, -0.25) is 9.80 Å². The minimum Gasteiger partial charge on any atom is -0.395 e. The first-order valence-corrected chi connectivity index (χ1v) is 7.63. The summed E-state index contributed by atoms with van der Waals surface area (Å²) in [7, 11) is 0. The van der Waals surface area contributed by atoms with Crippen molar-refractivity contribution in [2.24, 2.45) is 0 Å². The normalized spacial score (nSPS) is 24.9. The molecular formula is C14H28N2O3. The van der Waals surface area contributed by atoms with Crippen molar-refractivity contribution in [1.82, 2.24) is 9.80 Å². The van der Waals surface area contributed by atoms with Gasteiger partial charge in [0.2, 0.25) is 0 Å². The molecule has 5 heteroatoms. The highest BCUT2D eigenvalue weighted by molar-refractivity contribution is 4.74. The summed E-state index contributed by atoms with van der Waals surface area (Å²) in [6.45, 7) is 6.09. The second-order valence-electron chi connectivity index (χ2n) is 5.76. The third-order valence-electron chi connectivity index (χ3n) is 4.18. The zero-order valence-corrected chi connectivity index (χ0v) is 11.8. The molecule has 112 valence electrons. The first kappa shape index (κ1) is 15.2. The second kappa shape index (κ2) is 8.17. The van der Waals surface area contributed by atoms with Gasteiger partial charge in [0.05, 0.1) is 25.4 Å². The molecule has 0 aromatic heterocycles. The summed E-state index contributed by atoms with van der Waals surface area (Å²) in [6, 6.07) is 0. The molecule has 2 rings (SSSR count). The van der Waals surface area contributed by atoms with Crippen molar-refractivity contribution in [2.45, 2.75) is 37.9 Å². The Morgan fingerprint density at radius 3 is 2.32 bits per heavy atom. The highest BCUT2D eigenvalue weighted by Crippen LogP contribution is 2.20. The SMILES string of the molecule is OCCN1CCN(C[C@@H](O)COC2CCCC2)CC1. The Hall–Kier alpha value is -0.200. The number of hydrogen-bond donors (Lipinski definition) is 2. The molecule has 0 unspecified atom stereocenters. The Balaban J connectivity index is 1.56. The molecule has 0 aromatic rings. The number of aliphatic hydroxyl groups is 2. The van der Waals surface area contributed by atoms with Crippen LogP contribution >= 0.6 is 0 Å². The van der Waals surface area contributed by atoms with Crippen LogP contribution in [0.2, 0.25) is 0 Å². The summed E-state index contributed by atoms with van der Waals surface area (Å²) >= 11 is 0. The van der Waals surface area contributed by atoms with Crippen LogP contribution in [-0.2, 0) is 4.74 Å². The van der Waals surface area contributed by atoms with E-state index in [0.29, 0.717) is 19.3 Å². The van der Waals surface area contributed by atoms with Crippen LogP contribution in [0.15, 0.2) is 0 Å². The van der Waals surface area contributed by atoms with Gasteiger partial charge in [-0.1, -0.05) is 12.8 Å². The van der Waals surface area contributed by atoms with Gasteiger partial charge in [0.15, 0.2) is 0 Å². The van der Waals surface area contributed by atoms with Gasteiger partial charge in [-0.2, -0.15) is 0 Å². The Bertz CT molecular complexity index is 239. The van der Waals surface area contributed by atoms with Gasteiger partial charge < -0.3 is 14.9 Å². The number of piperazine rings is 1. The van der Waals surface area contributed by atoms with Gasteiger partial charge in [0.1, 0.15) is 0 Å². The average Bonchev–Trinajstić information content (AvgIpc) is 2.92. The van der Waals surface area contributed by atoms with Crippen LogP contribution in [0.3, 0.4) is 0 Å². The van der Waals surface area contributed by atoms with E-state index in [2.05, 4.69) is 9.80 Å². The molecule has 0 aromatic carbocycles. The third-order valence-corrected chi connectivity index (χ3v) is 4.18. The predicted octanol–water partition coefficient (Wildman–Crippen LogP) is -0.0836. The molecule has 1 atom stereocenters. The van der Waals surface area contributed by atoms with Gasteiger partial charge in [-0.05, 0) is 12.8 Å². The minimum atomic E-state index is -0.370. The number of rotatable bonds is 7. The van der Waals surface area contributed by atoms with Crippen LogP contribution in [-0.4, -0.2) is 84.7 Å². The summed E-state index contributed by atoms with van der Waals surface area (Å²) in [6.07, 6.45) is 4.88. The molecule has 0 bridgehead atoms. The molecule has 1 saturated carbocycles. The Labute approximate surface area is 116 Å². The van der Waals surface area contributed by atoms with E-state index in [1.807, 2.05) is 0 Å². The average molecular weight is 272 g/mol. The van der Waals surface area contributed by atoms with Crippen LogP contribution in [0.1, 0.15) is 25.7 Å². The molecule has 0 spiro atoms. The zero-order valence-electron chi connectivity index (χ0n) is 11.8. The molecule has 1 aliphatic heterocycles. The first-order valence-electron chi connectivity index (χ1n) is 7.63. The largest absolute Gasteiger partial charge is 0.395 e. The van der Waals surface area contributed by atoms with E-state index in [-0.39, 0.29) is 12.7 Å². The lowest BCUT2D eigenvalue weighted by molar-refractivity contribution is -0.0237. The van der Waals surface area contributed by atoms with Crippen molar-refractivity contribution < 1.29 is 14.9 Å². The number of hydrogen-bond acceptors (Lipinski definition) is 5. The summed E-state index contributed by atoms with van der Waals surface area (Å²) in [5, 5.41) is 18.9. The molecule has 1 aliphatic carbocycles. The van der Waals surface area contributed by atoms with Crippen molar-refractivity contribution in [3.8, 4) is 0 Å². The molecule has 2 N–H and O–H groups in total. The lowest BCUT2D eigenvalue weighted by Gasteiger charge is -2.35. The van der Waals surface area contributed by atoms with E-state index < -0.39 is 0 Å². The molecule has 19 heavy (non-hydrogen) atoms. The highest BCUT2D eigenvalue weighted by Gasteiger charge is 2.21. The maximum Gasteiger partial charge on any atom is 0.0900 e. The summed E-state index contributed by atoms with van der Waals surface area (Å²) in [5.74, 6) is 0. The van der Waals surface area contributed by atoms with E-state index in [1.54, 1.807) is 0 Å². The van der Waals surface area contributed by atoms with Crippen molar-refractivity contribution >= 4 is 0 Å². The smallest absolute Gasteiger partial charge is 0.0900 e. The molecule has 2 fully saturated rings.